The van der Waals surface area contributed by atoms with Gasteiger partial charge in [0.2, 0.25) is 11.8 Å². The van der Waals surface area contributed by atoms with Gasteiger partial charge in [-0.05, 0) is 23.4 Å². The molecule has 2 aromatic rings. The summed E-state index contributed by atoms with van der Waals surface area (Å²) in [6.07, 6.45) is 2.88. The summed E-state index contributed by atoms with van der Waals surface area (Å²) in [4.78, 5) is 29.8. The van der Waals surface area contributed by atoms with Gasteiger partial charge < -0.3 is 9.80 Å². The maximum absolute atomic E-state index is 13.0. The predicted octanol–water partition coefficient (Wildman–Crippen LogP) is 4.09. The molecule has 0 aliphatic carbocycles. The summed E-state index contributed by atoms with van der Waals surface area (Å²) < 4.78 is 0. The molecule has 0 saturated carbocycles. The molecule has 0 saturated heterocycles. The fraction of sp³-hybridized carbons (Fsp3) is 0.333. The van der Waals surface area contributed by atoms with E-state index < -0.39 is 0 Å². The highest BCUT2D eigenvalue weighted by atomic mass is 32.1. The molecule has 1 aromatic carbocycles. The van der Waals surface area contributed by atoms with Gasteiger partial charge in [-0.3, -0.25) is 9.59 Å². The first kappa shape index (κ1) is 19.9. The molecule has 0 radical (unpaired) electrons. The third-order valence-electron chi connectivity index (χ3n) is 3.99. The minimum absolute atomic E-state index is 0.00321. The molecule has 0 fully saturated rings. The fourth-order valence-electron chi connectivity index (χ4n) is 2.67. The molecule has 0 spiro atoms. The number of nitrogens with zero attached hydrogens (tertiary/aromatic N) is 2. The number of hydrogen-bond acceptors (Lipinski definition) is 3. The van der Waals surface area contributed by atoms with Crippen LogP contribution in [0.25, 0.3) is 0 Å². The van der Waals surface area contributed by atoms with Gasteiger partial charge >= 0.3 is 0 Å². The van der Waals surface area contributed by atoms with Crippen LogP contribution in [0.4, 0.5) is 0 Å². The molecular weight excluding hydrogens is 344 g/mol. The normalized spacial score (nSPS) is 10.3. The molecule has 0 aliphatic heterocycles. The highest BCUT2D eigenvalue weighted by Gasteiger charge is 2.21. The van der Waals surface area contributed by atoms with Crippen LogP contribution in [0.1, 0.15) is 30.2 Å². The molecule has 0 unspecified atom stereocenters. The van der Waals surface area contributed by atoms with Crippen molar-refractivity contribution in [2.45, 2.75) is 32.9 Å². The topological polar surface area (TPSA) is 40.6 Å². The van der Waals surface area contributed by atoms with Crippen molar-refractivity contribution in [2.75, 3.05) is 13.1 Å². The van der Waals surface area contributed by atoms with Gasteiger partial charge in [0.25, 0.3) is 0 Å². The quantitative estimate of drug-likeness (QED) is 0.591. The molecule has 1 heterocycles. The van der Waals surface area contributed by atoms with Crippen molar-refractivity contribution in [2.24, 2.45) is 0 Å². The Balaban J connectivity index is 2.12. The van der Waals surface area contributed by atoms with Crippen LogP contribution in [0.2, 0.25) is 0 Å². The number of hydrogen-bond donors (Lipinski definition) is 0. The van der Waals surface area contributed by atoms with E-state index in [0.717, 1.165) is 16.9 Å². The predicted molar refractivity (Wildman–Crippen MR) is 107 cm³/mol. The van der Waals surface area contributed by atoms with Gasteiger partial charge in [-0.2, -0.15) is 0 Å². The van der Waals surface area contributed by atoms with Crippen LogP contribution in [-0.2, 0) is 22.7 Å². The van der Waals surface area contributed by atoms with Crippen LogP contribution in [0.3, 0.4) is 0 Å². The lowest BCUT2D eigenvalue weighted by atomic mass is 10.2. The number of rotatable bonds is 10. The third kappa shape index (κ3) is 6.15. The zero-order chi connectivity index (χ0) is 18.8. The van der Waals surface area contributed by atoms with Crippen LogP contribution in [0.5, 0.6) is 0 Å². The molecule has 0 aliphatic rings. The molecule has 138 valence electrons. The lowest BCUT2D eigenvalue weighted by Gasteiger charge is -2.27. The van der Waals surface area contributed by atoms with Crippen LogP contribution in [-0.4, -0.2) is 34.7 Å². The summed E-state index contributed by atoms with van der Waals surface area (Å²) in [6, 6.07) is 13.9. The molecule has 1 aromatic heterocycles. The van der Waals surface area contributed by atoms with Gasteiger partial charge in [-0.25, -0.2) is 0 Å². The molecule has 0 N–H and O–H groups in total. The third-order valence-corrected chi connectivity index (χ3v) is 4.85. The van der Waals surface area contributed by atoms with Crippen LogP contribution < -0.4 is 0 Å². The van der Waals surface area contributed by atoms with E-state index in [4.69, 9.17) is 0 Å². The Bertz CT molecular complexity index is 698. The fourth-order valence-corrected chi connectivity index (χ4v) is 3.39. The largest absolute Gasteiger partial charge is 0.332 e. The lowest BCUT2D eigenvalue weighted by Crippen LogP contribution is -2.42. The molecule has 26 heavy (non-hydrogen) atoms. The van der Waals surface area contributed by atoms with Gasteiger partial charge in [-0.1, -0.05) is 49.4 Å². The zero-order valence-corrected chi connectivity index (χ0v) is 16.1. The van der Waals surface area contributed by atoms with Gasteiger partial charge in [0.05, 0.1) is 6.54 Å². The van der Waals surface area contributed by atoms with E-state index in [2.05, 4.69) is 6.58 Å². The molecule has 0 atom stereocenters. The second-order valence-electron chi connectivity index (χ2n) is 6.13. The SMILES string of the molecule is C=CCN(CC(=O)N(Cc1ccccc1)Cc1cccs1)C(=O)CCC. The van der Waals surface area contributed by atoms with E-state index in [1.54, 1.807) is 22.3 Å². The second-order valence-corrected chi connectivity index (χ2v) is 7.16. The Morgan fingerprint density at radius 2 is 1.81 bits per heavy atom. The summed E-state index contributed by atoms with van der Waals surface area (Å²) in [5, 5.41) is 2.01. The number of benzene rings is 1. The summed E-state index contributed by atoms with van der Waals surface area (Å²) in [5.74, 6) is -0.0508. The van der Waals surface area contributed by atoms with Crippen molar-refractivity contribution in [3.05, 3.63) is 70.9 Å². The lowest BCUT2D eigenvalue weighted by molar-refractivity contribution is -0.140. The molecule has 2 amide bonds. The summed E-state index contributed by atoms with van der Waals surface area (Å²) in [7, 11) is 0. The monoisotopic (exact) mass is 370 g/mol. The Hall–Kier alpha value is -2.40. The Kier molecular flexibility index (Phi) is 8.09. The number of amides is 2. The van der Waals surface area contributed by atoms with Crippen LogP contribution >= 0.6 is 11.3 Å². The Morgan fingerprint density at radius 3 is 2.42 bits per heavy atom. The van der Waals surface area contributed by atoms with Crippen LogP contribution in [0.15, 0.2) is 60.5 Å². The highest BCUT2D eigenvalue weighted by Crippen LogP contribution is 2.15. The summed E-state index contributed by atoms with van der Waals surface area (Å²) in [5.41, 5.74) is 1.08. The Labute approximate surface area is 159 Å². The zero-order valence-electron chi connectivity index (χ0n) is 15.3. The van der Waals surface area contributed by atoms with Crippen molar-refractivity contribution in [3.63, 3.8) is 0 Å². The first-order valence-electron chi connectivity index (χ1n) is 8.86. The van der Waals surface area contributed by atoms with E-state index in [-0.39, 0.29) is 18.4 Å². The van der Waals surface area contributed by atoms with E-state index in [9.17, 15) is 9.59 Å². The minimum Gasteiger partial charge on any atom is -0.332 e. The van der Waals surface area contributed by atoms with Gasteiger partial charge in [0, 0.05) is 24.4 Å². The maximum atomic E-state index is 13.0. The Morgan fingerprint density at radius 1 is 1.04 bits per heavy atom. The summed E-state index contributed by atoms with van der Waals surface area (Å²) in [6.45, 7) is 7.23. The van der Waals surface area contributed by atoms with Crippen LogP contribution in [0, 0.1) is 0 Å². The average Bonchev–Trinajstić information content (AvgIpc) is 3.15. The van der Waals surface area contributed by atoms with E-state index in [0.29, 0.717) is 26.1 Å². The smallest absolute Gasteiger partial charge is 0.242 e. The van der Waals surface area contributed by atoms with Crippen molar-refractivity contribution in [3.8, 4) is 0 Å². The standard InChI is InChI=1S/C21H26N2O2S/c1-3-9-20(24)22(13-4-2)17-21(25)23(16-19-12-8-14-26-19)15-18-10-6-5-7-11-18/h4-8,10-12,14H,2-3,9,13,15-17H2,1H3. The highest BCUT2D eigenvalue weighted by molar-refractivity contribution is 7.09. The van der Waals surface area contributed by atoms with Crippen molar-refractivity contribution in [1.29, 1.82) is 0 Å². The first-order valence-corrected chi connectivity index (χ1v) is 9.74. The summed E-state index contributed by atoms with van der Waals surface area (Å²) >= 11 is 1.63. The van der Waals surface area contributed by atoms with E-state index in [1.807, 2.05) is 59.7 Å². The molecule has 0 bridgehead atoms. The second kappa shape index (κ2) is 10.6. The maximum Gasteiger partial charge on any atom is 0.242 e. The van der Waals surface area contributed by atoms with Gasteiger partial charge in [0.15, 0.2) is 0 Å². The first-order chi connectivity index (χ1) is 12.6. The number of carbonyl (C=O) groups excluding carboxylic acids is 2. The van der Waals surface area contributed by atoms with Crippen molar-refractivity contribution in [1.82, 2.24) is 9.80 Å². The van der Waals surface area contributed by atoms with Crippen molar-refractivity contribution < 1.29 is 9.59 Å². The molecular formula is C21H26N2O2S. The van der Waals surface area contributed by atoms with E-state index in [1.165, 1.54) is 0 Å². The average molecular weight is 371 g/mol. The van der Waals surface area contributed by atoms with Gasteiger partial charge in [-0.15, -0.1) is 17.9 Å². The van der Waals surface area contributed by atoms with Gasteiger partial charge in [0.1, 0.15) is 6.54 Å². The molecule has 5 heteroatoms. The minimum atomic E-state index is -0.0476. The molecule has 2 rings (SSSR count). The molecule has 4 nitrogen and oxygen atoms in total. The number of carbonyl (C=O) groups is 2. The van der Waals surface area contributed by atoms with E-state index >= 15 is 0 Å². The van der Waals surface area contributed by atoms with Crippen molar-refractivity contribution >= 4 is 23.2 Å². The number of thiophene rings is 1.